The van der Waals surface area contributed by atoms with Gasteiger partial charge in [-0.25, -0.2) is 0 Å². The monoisotopic (exact) mass is 314 g/mol. The first kappa shape index (κ1) is 16.0. The maximum atomic E-state index is 12.4. The van der Waals surface area contributed by atoms with Crippen LogP contribution in [-0.4, -0.2) is 47.8 Å². The van der Waals surface area contributed by atoms with Crippen LogP contribution in [0.4, 0.5) is 0 Å². The minimum Gasteiger partial charge on any atom is -0.342 e. The van der Waals surface area contributed by atoms with E-state index >= 15 is 0 Å². The number of carbonyl (C=O) groups excluding carboxylic acids is 2. The third kappa shape index (κ3) is 3.57. The Morgan fingerprint density at radius 1 is 1.00 bits per heavy atom. The molecule has 23 heavy (non-hydrogen) atoms. The molecule has 3 rings (SSSR count). The van der Waals surface area contributed by atoms with Crippen molar-refractivity contribution in [2.24, 2.45) is 17.8 Å². The Hall–Kier alpha value is -1.84. The van der Waals surface area contributed by atoms with Gasteiger partial charge in [0.25, 0.3) is 0 Å². The number of aryl methyl sites for hydroxylation is 1. The van der Waals surface area contributed by atoms with E-state index in [0.717, 1.165) is 32.6 Å². The lowest BCUT2D eigenvalue weighted by molar-refractivity contribution is -0.134. The van der Waals surface area contributed by atoms with Gasteiger partial charge in [0.05, 0.1) is 0 Å². The molecule has 0 bridgehead atoms. The number of amides is 2. The summed E-state index contributed by atoms with van der Waals surface area (Å²) in [6, 6.07) is 10.2. The highest BCUT2D eigenvalue weighted by Gasteiger charge is 2.42. The summed E-state index contributed by atoms with van der Waals surface area (Å²) in [5.74, 6) is 1.51. The van der Waals surface area contributed by atoms with Crippen LogP contribution in [0.3, 0.4) is 0 Å². The fraction of sp³-hybridized carbons (Fsp3) is 0.579. The molecule has 0 spiro atoms. The molecule has 0 radical (unpaired) electrons. The van der Waals surface area contributed by atoms with E-state index in [9.17, 15) is 9.59 Å². The van der Waals surface area contributed by atoms with E-state index in [2.05, 4.69) is 12.1 Å². The van der Waals surface area contributed by atoms with Crippen molar-refractivity contribution in [3.63, 3.8) is 0 Å². The Morgan fingerprint density at radius 2 is 1.57 bits per heavy atom. The summed E-state index contributed by atoms with van der Waals surface area (Å²) in [4.78, 5) is 28.5. The predicted molar refractivity (Wildman–Crippen MR) is 89.7 cm³/mol. The Balaban J connectivity index is 1.48. The molecule has 1 aromatic carbocycles. The minimum absolute atomic E-state index is 0.0671. The molecule has 0 N–H and O–H groups in total. The van der Waals surface area contributed by atoms with Crippen molar-refractivity contribution in [1.82, 2.24) is 9.80 Å². The molecule has 124 valence electrons. The molecule has 0 saturated carbocycles. The van der Waals surface area contributed by atoms with E-state index in [1.807, 2.05) is 41.8 Å². The summed E-state index contributed by atoms with van der Waals surface area (Å²) in [5.41, 5.74) is 1.22. The number of benzene rings is 1. The lowest BCUT2D eigenvalue weighted by atomic mass is 10.0. The zero-order valence-electron chi connectivity index (χ0n) is 14.1. The predicted octanol–water partition coefficient (Wildman–Crippen LogP) is 2.19. The van der Waals surface area contributed by atoms with Crippen molar-refractivity contribution in [3.8, 4) is 0 Å². The largest absolute Gasteiger partial charge is 0.342 e. The molecule has 2 heterocycles. The third-order valence-electron chi connectivity index (χ3n) is 5.11. The Kier molecular flexibility index (Phi) is 4.69. The van der Waals surface area contributed by atoms with Crippen LogP contribution in [0.25, 0.3) is 0 Å². The summed E-state index contributed by atoms with van der Waals surface area (Å²) >= 11 is 0. The van der Waals surface area contributed by atoms with E-state index in [-0.39, 0.29) is 17.7 Å². The number of nitrogens with zero attached hydrogens (tertiary/aromatic N) is 2. The second-order valence-electron chi connectivity index (χ2n) is 7.20. The molecule has 4 nitrogen and oxygen atoms in total. The number of rotatable bonds is 4. The molecular weight excluding hydrogens is 288 g/mol. The van der Waals surface area contributed by atoms with Gasteiger partial charge < -0.3 is 9.80 Å². The van der Waals surface area contributed by atoms with Crippen molar-refractivity contribution in [1.29, 1.82) is 0 Å². The average molecular weight is 314 g/mol. The number of carbonyl (C=O) groups is 2. The first-order valence-corrected chi connectivity index (χ1v) is 8.65. The maximum Gasteiger partial charge on any atom is 0.225 e. The molecule has 2 saturated heterocycles. The molecule has 4 heteroatoms. The summed E-state index contributed by atoms with van der Waals surface area (Å²) in [7, 11) is 0. The first-order valence-electron chi connectivity index (χ1n) is 8.65. The number of hydrogen-bond acceptors (Lipinski definition) is 2. The molecule has 2 fully saturated rings. The zero-order valence-corrected chi connectivity index (χ0v) is 14.1. The normalized spacial score (nSPS) is 23.4. The summed E-state index contributed by atoms with van der Waals surface area (Å²) in [6.45, 7) is 7.19. The smallest absolute Gasteiger partial charge is 0.225 e. The van der Waals surface area contributed by atoms with Crippen molar-refractivity contribution < 1.29 is 9.59 Å². The second kappa shape index (κ2) is 6.73. The SMILES string of the molecule is CC(C)C(=O)N1CC2CN(C(=O)CCc3ccccc3)CC2C1. The molecule has 2 aliphatic heterocycles. The summed E-state index contributed by atoms with van der Waals surface area (Å²) in [6.07, 6.45) is 1.39. The van der Waals surface area contributed by atoms with Crippen molar-refractivity contribution in [2.75, 3.05) is 26.2 Å². The van der Waals surface area contributed by atoms with Crippen LogP contribution in [0.5, 0.6) is 0 Å². The Labute approximate surface area is 138 Å². The highest BCUT2D eigenvalue weighted by Crippen LogP contribution is 2.32. The fourth-order valence-corrected chi connectivity index (χ4v) is 3.80. The van der Waals surface area contributed by atoms with Gasteiger partial charge in [-0.3, -0.25) is 9.59 Å². The lowest BCUT2D eigenvalue weighted by Crippen LogP contribution is -2.37. The average Bonchev–Trinajstić information content (AvgIpc) is 3.11. The second-order valence-corrected chi connectivity index (χ2v) is 7.20. The van der Waals surface area contributed by atoms with Crippen LogP contribution in [0.2, 0.25) is 0 Å². The van der Waals surface area contributed by atoms with Crippen LogP contribution in [0, 0.1) is 17.8 Å². The molecule has 0 aliphatic carbocycles. The molecular formula is C19H26N2O2. The Bertz CT molecular complexity index is 556. The number of hydrogen-bond donors (Lipinski definition) is 0. The highest BCUT2D eigenvalue weighted by molar-refractivity contribution is 5.79. The zero-order chi connectivity index (χ0) is 16.4. The third-order valence-corrected chi connectivity index (χ3v) is 5.11. The molecule has 0 aromatic heterocycles. The first-order chi connectivity index (χ1) is 11.0. The minimum atomic E-state index is 0.0671. The van der Waals surface area contributed by atoms with Crippen molar-refractivity contribution >= 4 is 11.8 Å². The van der Waals surface area contributed by atoms with Crippen LogP contribution < -0.4 is 0 Å². The summed E-state index contributed by atoms with van der Waals surface area (Å²) < 4.78 is 0. The lowest BCUT2D eigenvalue weighted by Gasteiger charge is -2.23. The van der Waals surface area contributed by atoms with Gasteiger partial charge >= 0.3 is 0 Å². The quantitative estimate of drug-likeness (QED) is 0.855. The van der Waals surface area contributed by atoms with E-state index < -0.39 is 0 Å². The fourth-order valence-electron chi connectivity index (χ4n) is 3.80. The van der Waals surface area contributed by atoms with Crippen molar-refractivity contribution in [2.45, 2.75) is 26.7 Å². The van der Waals surface area contributed by atoms with E-state index in [1.165, 1.54) is 5.56 Å². The van der Waals surface area contributed by atoms with Crippen LogP contribution in [0.1, 0.15) is 25.8 Å². The standard InChI is InChI=1S/C19H26N2O2/c1-14(2)19(23)21-12-16-10-20(11-17(16)13-21)18(22)9-8-15-6-4-3-5-7-15/h3-7,14,16-17H,8-13H2,1-2H3. The molecule has 2 unspecified atom stereocenters. The molecule has 2 amide bonds. The molecule has 1 aromatic rings. The summed E-state index contributed by atoms with van der Waals surface area (Å²) in [5, 5.41) is 0. The maximum absolute atomic E-state index is 12.4. The highest BCUT2D eigenvalue weighted by atomic mass is 16.2. The number of likely N-dealkylation sites (tertiary alicyclic amines) is 2. The van der Waals surface area contributed by atoms with Gasteiger partial charge in [-0.2, -0.15) is 0 Å². The van der Waals surface area contributed by atoms with Gasteiger partial charge in [-0.15, -0.1) is 0 Å². The van der Waals surface area contributed by atoms with E-state index in [1.54, 1.807) is 0 Å². The van der Waals surface area contributed by atoms with Gasteiger partial charge in [-0.1, -0.05) is 44.2 Å². The van der Waals surface area contributed by atoms with Crippen LogP contribution in [0.15, 0.2) is 30.3 Å². The molecule has 2 aliphatic rings. The van der Waals surface area contributed by atoms with E-state index in [4.69, 9.17) is 0 Å². The van der Waals surface area contributed by atoms with E-state index in [0.29, 0.717) is 18.3 Å². The van der Waals surface area contributed by atoms with Gasteiger partial charge in [0.2, 0.25) is 11.8 Å². The van der Waals surface area contributed by atoms with Gasteiger partial charge in [0.1, 0.15) is 0 Å². The topological polar surface area (TPSA) is 40.6 Å². The number of fused-ring (bicyclic) bond motifs is 1. The van der Waals surface area contributed by atoms with Gasteiger partial charge in [0.15, 0.2) is 0 Å². The van der Waals surface area contributed by atoms with Crippen LogP contribution in [-0.2, 0) is 16.0 Å². The van der Waals surface area contributed by atoms with Crippen molar-refractivity contribution in [3.05, 3.63) is 35.9 Å². The van der Waals surface area contributed by atoms with Crippen LogP contribution >= 0.6 is 0 Å². The molecule has 2 atom stereocenters. The van der Waals surface area contributed by atoms with Gasteiger partial charge in [-0.05, 0) is 12.0 Å². The Morgan fingerprint density at radius 3 is 2.13 bits per heavy atom. The van der Waals surface area contributed by atoms with Gasteiger partial charge in [0, 0.05) is 50.4 Å².